The molecule has 2 heteroatoms. The van der Waals surface area contributed by atoms with Gasteiger partial charge in [-0.2, -0.15) is 0 Å². The molecule has 0 aliphatic heterocycles. The van der Waals surface area contributed by atoms with Crippen LogP contribution in [-0.4, -0.2) is 12.6 Å². The first-order chi connectivity index (χ1) is 7.90. The van der Waals surface area contributed by atoms with Gasteiger partial charge in [-0.25, -0.2) is 0 Å². The molecule has 0 bridgehead atoms. The van der Waals surface area contributed by atoms with E-state index in [9.17, 15) is 0 Å². The Labute approximate surface area is 111 Å². The molecule has 0 heterocycles. The molecule has 1 aliphatic rings. The highest BCUT2D eigenvalue weighted by Crippen LogP contribution is 2.34. The summed E-state index contributed by atoms with van der Waals surface area (Å²) >= 11 is 0. The molecule has 0 saturated heterocycles. The summed E-state index contributed by atoms with van der Waals surface area (Å²) in [6.45, 7) is 3.27. The van der Waals surface area contributed by atoms with Gasteiger partial charge in [-0.3, -0.25) is 0 Å². The molecule has 1 fully saturated rings. The molecule has 1 saturated carbocycles. The third kappa shape index (κ3) is 4.93. The van der Waals surface area contributed by atoms with Crippen molar-refractivity contribution in [1.82, 2.24) is 5.32 Å². The molecule has 2 atom stereocenters. The third-order valence-electron chi connectivity index (χ3n) is 3.19. The lowest BCUT2D eigenvalue weighted by Crippen LogP contribution is -2.17. The number of rotatable bonds is 6. The Morgan fingerprint density at radius 3 is 2.76 bits per heavy atom. The second-order valence-corrected chi connectivity index (χ2v) is 4.61. The molecule has 2 unspecified atom stereocenters. The Hall–Kier alpha value is -0.790. The molecule has 0 aromatic heterocycles. The van der Waals surface area contributed by atoms with Crippen molar-refractivity contribution < 1.29 is 0 Å². The molecule has 0 amide bonds. The summed E-state index contributed by atoms with van der Waals surface area (Å²) in [6, 6.07) is 11.3. The summed E-state index contributed by atoms with van der Waals surface area (Å²) in [5, 5.41) is 3.57. The van der Waals surface area contributed by atoms with Crippen LogP contribution in [0.15, 0.2) is 36.4 Å². The molecule has 1 N–H and O–H groups in total. The Kier molecular flexibility index (Phi) is 6.31. The third-order valence-corrected chi connectivity index (χ3v) is 3.19. The first-order valence-corrected chi connectivity index (χ1v) is 6.35. The quantitative estimate of drug-likeness (QED) is 0.809. The van der Waals surface area contributed by atoms with E-state index in [0.717, 1.165) is 18.5 Å². The first-order valence-electron chi connectivity index (χ1n) is 6.35. The Bertz CT molecular complexity index is 334. The van der Waals surface area contributed by atoms with E-state index in [2.05, 4.69) is 54.7 Å². The van der Waals surface area contributed by atoms with E-state index < -0.39 is 0 Å². The molecule has 1 aromatic carbocycles. The Morgan fingerprint density at radius 2 is 2.06 bits per heavy atom. The normalized spacial score (nSPS) is 22.4. The minimum Gasteiger partial charge on any atom is -0.310 e. The lowest BCUT2D eigenvalue weighted by atomic mass is 10.2. The van der Waals surface area contributed by atoms with Crippen LogP contribution in [0.25, 0.3) is 6.08 Å². The molecule has 0 radical (unpaired) electrons. The van der Waals surface area contributed by atoms with Crippen molar-refractivity contribution in [2.45, 2.75) is 32.2 Å². The molecule has 1 aliphatic carbocycles. The number of nitrogens with one attached hydrogen (secondary N) is 1. The van der Waals surface area contributed by atoms with Crippen LogP contribution in [0.3, 0.4) is 0 Å². The molecular weight excluding hydrogens is 230 g/mol. The van der Waals surface area contributed by atoms with Crippen molar-refractivity contribution in [3.8, 4) is 0 Å². The fourth-order valence-corrected chi connectivity index (χ4v) is 2.17. The smallest absolute Gasteiger partial charge is 0.0140 e. The average Bonchev–Trinajstić information content (AvgIpc) is 3.05. The molecule has 0 spiro atoms. The van der Waals surface area contributed by atoms with Crippen molar-refractivity contribution in [1.29, 1.82) is 0 Å². The van der Waals surface area contributed by atoms with Crippen molar-refractivity contribution >= 4 is 18.5 Å². The second kappa shape index (κ2) is 7.52. The van der Waals surface area contributed by atoms with Gasteiger partial charge in [0.25, 0.3) is 0 Å². The molecule has 2 rings (SSSR count). The first kappa shape index (κ1) is 14.3. The predicted molar refractivity (Wildman–Crippen MR) is 77.5 cm³/mol. The van der Waals surface area contributed by atoms with Crippen LogP contribution in [0, 0.1) is 5.92 Å². The SMILES string of the molecule is CCCC1CC1NC/C=C/c1ccccc1.Cl. The zero-order valence-electron chi connectivity index (χ0n) is 10.4. The number of benzene rings is 1. The van der Waals surface area contributed by atoms with Crippen LogP contribution < -0.4 is 5.32 Å². The molecule has 17 heavy (non-hydrogen) atoms. The minimum absolute atomic E-state index is 0. The number of halogens is 1. The topological polar surface area (TPSA) is 12.0 Å². The maximum atomic E-state index is 3.57. The summed E-state index contributed by atoms with van der Waals surface area (Å²) < 4.78 is 0. The van der Waals surface area contributed by atoms with E-state index in [1.54, 1.807) is 0 Å². The van der Waals surface area contributed by atoms with E-state index >= 15 is 0 Å². The highest BCUT2D eigenvalue weighted by atomic mass is 35.5. The summed E-state index contributed by atoms with van der Waals surface area (Å²) in [7, 11) is 0. The lowest BCUT2D eigenvalue weighted by Gasteiger charge is -1.99. The Morgan fingerprint density at radius 1 is 1.29 bits per heavy atom. The van der Waals surface area contributed by atoms with Gasteiger partial charge in [-0.05, 0) is 24.3 Å². The van der Waals surface area contributed by atoms with E-state index in [1.165, 1.54) is 24.8 Å². The van der Waals surface area contributed by atoms with Gasteiger partial charge in [-0.15, -0.1) is 12.4 Å². The maximum absolute atomic E-state index is 3.57. The van der Waals surface area contributed by atoms with E-state index in [1.807, 2.05) is 0 Å². The molecular formula is C15H22ClN. The van der Waals surface area contributed by atoms with Crippen LogP contribution >= 0.6 is 12.4 Å². The van der Waals surface area contributed by atoms with Gasteiger partial charge in [-0.1, -0.05) is 55.8 Å². The van der Waals surface area contributed by atoms with Gasteiger partial charge in [0.2, 0.25) is 0 Å². The summed E-state index contributed by atoms with van der Waals surface area (Å²) in [5.74, 6) is 0.954. The van der Waals surface area contributed by atoms with Crippen molar-refractivity contribution in [2.75, 3.05) is 6.54 Å². The zero-order chi connectivity index (χ0) is 11.2. The number of hydrogen-bond donors (Lipinski definition) is 1. The number of hydrogen-bond acceptors (Lipinski definition) is 1. The predicted octanol–water partition coefficient (Wildman–Crippen LogP) is 3.90. The van der Waals surface area contributed by atoms with Crippen molar-refractivity contribution in [3.05, 3.63) is 42.0 Å². The van der Waals surface area contributed by atoms with E-state index in [-0.39, 0.29) is 12.4 Å². The van der Waals surface area contributed by atoms with Crippen LogP contribution in [-0.2, 0) is 0 Å². The van der Waals surface area contributed by atoms with E-state index in [4.69, 9.17) is 0 Å². The summed E-state index contributed by atoms with van der Waals surface area (Å²) in [4.78, 5) is 0. The van der Waals surface area contributed by atoms with Crippen LogP contribution in [0.2, 0.25) is 0 Å². The molecule has 94 valence electrons. The zero-order valence-corrected chi connectivity index (χ0v) is 11.2. The van der Waals surface area contributed by atoms with Gasteiger partial charge >= 0.3 is 0 Å². The van der Waals surface area contributed by atoms with Crippen LogP contribution in [0.1, 0.15) is 31.7 Å². The van der Waals surface area contributed by atoms with Gasteiger partial charge < -0.3 is 5.32 Å². The summed E-state index contributed by atoms with van der Waals surface area (Å²) in [6.07, 6.45) is 8.50. The molecule has 1 nitrogen and oxygen atoms in total. The highest BCUT2D eigenvalue weighted by molar-refractivity contribution is 5.85. The average molecular weight is 252 g/mol. The standard InChI is InChI=1S/C15H21N.ClH/c1-2-7-14-12-15(14)16-11-6-10-13-8-4-3-5-9-13;/h3-6,8-10,14-16H,2,7,11-12H2,1H3;1H/b10-6+;. The fraction of sp³-hybridized carbons (Fsp3) is 0.467. The molecule has 1 aromatic rings. The van der Waals surface area contributed by atoms with Crippen LogP contribution in [0.5, 0.6) is 0 Å². The van der Waals surface area contributed by atoms with Crippen molar-refractivity contribution in [2.24, 2.45) is 5.92 Å². The summed E-state index contributed by atoms with van der Waals surface area (Å²) in [5.41, 5.74) is 1.28. The largest absolute Gasteiger partial charge is 0.310 e. The van der Waals surface area contributed by atoms with Gasteiger partial charge in [0.1, 0.15) is 0 Å². The fourth-order valence-electron chi connectivity index (χ4n) is 2.17. The Balaban J connectivity index is 0.00000144. The van der Waals surface area contributed by atoms with Crippen molar-refractivity contribution in [3.63, 3.8) is 0 Å². The lowest BCUT2D eigenvalue weighted by molar-refractivity contribution is 0.626. The highest BCUT2D eigenvalue weighted by Gasteiger charge is 2.34. The van der Waals surface area contributed by atoms with Gasteiger partial charge in [0, 0.05) is 12.6 Å². The minimum atomic E-state index is 0. The van der Waals surface area contributed by atoms with Gasteiger partial charge in [0.05, 0.1) is 0 Å². The monoisotopic (exact) mass is 251 g/mol. The van der Waals surface area contributed by atoms with Crippen LogP contribution in [0.4, 0.5) is 0 Å². The maximum Gasteiger partial charge on any atom is 0.0140 e. The van der Waals surface area contributed by atoms with Gasteiger partial charge in [0.15, 0.2) is 0 Å². The second-order valence-electron chi connectivity index (χ2n) is 4.61. The van der Waals surface area contributed by atoms with E-state index in [0.29, 0.717) is 0 Å².